The molecule has 8 heteroatoms. The van der Waals surface area contributed by atoms with Gasteiger partial charge in [0.15, 0.2) is 5.69 Å². The van der Waals surface area contributed by atoms with Crippen molar-refractivity contribution in [1.82, 2.24) is 19.9 Å². The van der Waals surface area contributed by atoms with Crippen molar-refractivity contribution in [2.24, 2.45) is 0 Å². The van der Waals surface area contributed by atoms with Gasteiger partial charge < -0.3 is 10.0 Å². The molecule has 0 aliphatic carbocycles. The van der Waals surface area contributed by atoms with Crippen LogP contribution in [0.2, 0.25) is 5.02 Å². The van der Waals surface area contributed by atoms with Crippen LogP contribution in [0.1, 0.15) is 23.3 Å². The number of likely N-dealkylation sites (tertiary alicyclic amines) is 1. The Bertz CT molecular complexity index is 730. The van der Waals surface area contributed by atoms with E-state index in [2.05, 4.69) is 10.3 Å². The van der Waals surface area contributed by atoms with Crippen LogP contribution < -0.4 is 0 Å². The smallest absolute Gasteiger partial charge is 0.326 e. The molecular formula is C14H13ClN4O3. The summed E-state index contributed by atoms with van der Waals surface area (Å²) >= 11 is 6.08. The number of halogens is 1. The molecular weight excluding hydrogens is 308 g/mol. The highest BCUT2D eigenvalue weighted by atomic mass is 35.5. The van der Waals surface area contributed by atoms with Gasteiger partial charge in [0.1, 0.15) is 6.04 Å². The first-order valence-corrected chi connectivity index (χ1v) is 7.17. The molecule has 1 N–H and O–H groups in total. The molecule has 0 saturated carbocycles. The molecule has 0 spiro atoms. The predicted octanol–water partition coefficient (Wildman–Crippen LogP) is 1.61. The third-order valence-electron chi connectivity index (χ3n) is 3.61. The minimum atomic E-state index is -0.996. The summed E-state index contributed by atoms with van der Waals surface area (Å²) in [6.07, 6.45) is 2.59. The number of carboxylic acid groups (broad SMARTS) is 1. The molecule has 1 unspecified atom stereocenters. The van der Waals surface area contributed by atoms with Gasteiger partial charge in [-0.3, -0.25) is 4.79 Å². The minimum Gasteiger partial charge on any atom is -0.480 e. The van der Waals surface area contributed by atoms with Gasteiger partial charge in [0.05, 0.1) is 16.9 Å². The number of nitrogens with zero attached hydrogens (tertiary/aromatic N) is 4. The number of carbonyl (C=O) groups excluding carboxylic acids is 1. The Morgan fingerprint density at radius 2 is 2.09 bits per heavy atom. The van der Waals surface area contributed by atoms with Crippen LogP contribution in [-0.4, -0.2) is 49.5 Å². The Labute approximate surface area is 131 Å². The number of amides is 1. The molecule has 0 bridgehead atoms. The summed E-state index contributed by atoms with van der Waals surface area (Å²) in [4.78, 5) is 24.9. The van der Waals surface area contributed by atoms with E-state index in [1.807, 2.05) is 0 Å². The number of carbonyl (C=O) groups is 2. The quantitative estimate of drug-likeness (QED) is 0.928. The highest BCUT2D eigenvalue weighted by Gasteiger charge is 2.35. The van der Waals surface area contributed by atoms with Crippen molar-refractivity contribution in [3.8, 4) is 5.69 Å². The van der Waals surface area contributed by atoms with Crippen LogP contribution in [0.4, 0.5) is 0 Å². The van der Waals surface area contributed by atoms with Gasteiger partial charge >= 0.3 is 5.97 Å². The zero-order chi connectivity index (χ0) is 15.7. The molecule has 1 atom stereocenters. The van der Waals surface area contributed by atoms with E-state index in [0.29, 0.717) is 30.1 Å². The van der Waals surface area contributed by atoms with E-state index in [9.17, 15) is 9.59 Å². The molecule has 3 rings (SSSR count). The van der Waals surface area contributed by atoms with Crippen molar-refractivity contribution in [2.75, 3.05) is 6.54 Å². The summed E-state index contributed by atoms with van der Waals surface area (Å²) in [7, 11) is 0. The normalized spacial score (nSPS) is 17.7. The average molecular weight is 321 g/mol. The molecule has 1 aliphatic heterocycles. The summed E-state index contributed by atoms with van der Waals surface area (Å²) in [6, 6.07) is 6.25. The average Bonchev–Trinajstić information content (AvgIpc) is 3.16. The van der Waals surface area contributed by atoms with Crippen molar-refractivity contribution < 1.29 is 14.7 Å². The monoisotopic (exact) mass is 320 g/mol. The Kier molecular flexibility index (Phi) is 3.81. The molecule has 22 heavy (non-hydrogen) atoms. The van der Waals surface area contributed by atoms with Gasteiger partial charge in [-0.05, 0) is 25.0 Å². The van der Waals surface area contributed by atoms with Gasteiger partial charge in [0, 0.05) is 6.54 Å². The summed E-state index contributed by atoms with van der Waals surface area (Å²) < 4.78 is 1.40. The lowest BCUT2D eigenvalue weighted by Gasteiger charge is -2.19. The molecule has 1 saturated heterocycles. The van der Waals surface area contributed by atoms with Crippen LogP contribution in [0.25, 0.3) is 5.69 Å². The van der Waals surface area contributed by atoms with Crippen molar-refractivity contribution in [1.29, 1.82) is 0 Å². The summed E-state index contributed by atoms with van der Waals surface area (Å²) in [5, 5.41) is 17.4. The van der Waals surface area contributed by atoms with Crippen LogP contribution in [-0.2, 0) is 4.79 Å². The number of aromatic nitrogens is 3. The molecule has 2 heterocycles. The summed E-state index contributed by atoms with van der Waals surface area (Å²) in [6.45, 7) is 0.411. The Hall–Kier alpha value is -2.41. The van der Waals surface area contributed by atoms with Crippen LogP contribution in [0.15, 0.2) is 30.5 Å². The van der Waals surface area contributed by atoms with Crippen molar-refractivity contribution >= 4 is 23.5 Å². The lowest BCUT2D eigenvalue weighted by molar-refractivity contribution is -0.141. The first-order chi connectivity index (χ1) is 10.6. The molecule has 114 valence electrons. The summed E-state index contributed by atoms with van der Waals surface area (Å²) in [5.74, 6) is -1.42. The minimum absolute atomic E-state index is 0.105. The first-order valence-electron chi connectivity index (χ1n) is 6.79. The van der Waals surface area contributed by atoms with Crippen LogP contribution in [0, 0.1) is 0 Å². The maximum Gasteiger partial charge on any atom is 0.326 e. The van der Waals surface area contributed by atoms with Crippen LogP contribution in [0.3, 0.4) is 0 Å². The van der Waals surface area contributed by atoms with E-state index in [-0.39, 0.29) is 5.69 Å². The molecule has 7 nitrogen and oxygen atoms in total. The van der Waals surface area contributed by atoms with Gasteiger partial charge in [-0.1, -0.05) is 28.9 Å². The lowest BCUT2D eigenvalue weighted by Crippen LogP contribution is -2.40. The summed E-state index contributed by atoms with van der Waals surface area (Å²) in [5.41, 5.74) is 0.708. The number of rotatable bonds is 3. The Morgan fingerprint density at radius 1 is 1.32 bits per heavy atom. The van der Waals surface area contributed by atoms with Gasteiger partial charge in [-0.15, -0.1) is 5.10 Å². The van der Waals surface area contributed by atoms with Gasteiger partial charge in [-0.25, -0.2) is 9.48 Å². The number of carboxylic acids is 1. The van der Waals surface area contributed by atoms with Gasteiger partial charge in [-0.2, -0.15) is 0 Å². The fourth-order valence-electron chi connectivity index (χ4n) is 2.53. The van der Waals surface area contributed by atoms with Crippen LogP contribution in [0.5, 0.6) is 0 Å². The standard InChI is InChI=1S/C14H13ClN4O3/c15-9-4-1-2-5-11(9)19-8-10(16-17-19)13(20)18-7-3-6-12(18)14(21)22/h1-2,4-5,8,12H,3,6-7H2,(H,21,22). The number of para-hydroxylation sites is 1. The second kappa shape index (κ2) is 5.76. The SMILES string of the molecule is O=C(O)C1CCCN1C(=O)c1cn(-c2ccccc2Cl)nn1. The number of hydrogen-bond donors (Lipinski definition) is 1. The third-order valence-corrected chi connectivity index (χ3v) is 3.93. The number of hydrogen-bond acceptors (Lipinski definition) is 4. The molecule has 1 aromatic heterocycles. The van der Waals surface area contributed by atoms with Gasteiger partial charge in [0.25, 0.3) is 5.91 Å². The second-order valence-electron chi connectivity index (χ2n) is 4.99. The Balaban J connectivity index is 1.86. The van der Waals surface area contributed by atoms with Gasteiger partial charge in [0.2, 0.25) is 0 Å². The van der Waals surface area contributed by atoms with Crippen molar-refractivity contribution in [3.63, 3.8) is 0 Å². The maximum atomic E-state index is 12.4. The fourth-order valence-corrected chi connectivity index (χ4v) is 2.75. The van der Waals surface area contributed by atoms with E-state index in [1.165, 1.54) is 15.8 Å². The molecule has 1 amide bonds. The van der Waals surface area contributed by atoms with E-state index in [0.717, 1.165) is 0 Å². The van der Waals surface area contributed by atoms with Crippen LogP contribution >= 0.6 is 11.6 Å². The molecule has 1 aliphatic rings. The van der Waals surface area contributed by atoms with Crippen molar-refractivity contribution in [3.05, 3.63) is 41.2 Å². The fraction of sp³-hybridized carbons (Fsp3) is 0.286. The zero-order valence-electron chi connectivity index (χ0n) is 11.5. The van der Waals surface area contributed by atoms with Crippen molar-refractivity contribution in [2.45, 2.75) is 18.9 Å². The highest BCUT2D eigenvalue weighted by Crippen LogP contribution is 2.21. The number of benzene rings is 1. The maximum absolute atomic E-state index is 12.4. The third kappa shape index (κ3) is 2.55. The highest BCUT2D eigenvalue weighted by molar-refractivity contribution is 6.32. The largest absolute Gasteiger partial charge is 0.480 e. The molecule has 0 radical (unpaired) electrons. The molecule has 1 fully saturated rings. The lowest BCUT2D eigenvalue weighted by atomic mass is 10.2. The second-order valence-corrected chi connectivity index (χ2v) is 5.40. The molecule has 2 aromatic rings. The topological polar surface area (TPSA) is 88.3 Å². The first kappa shape index (κ1) is 14.5. The zero-order valence-corrected chi connectivity index (χ0v) is 12.3. The van der Waals surface area contributed by atoms with E-state index < -0.39 is 17.9 Å². The van der Waals surface area contributed by atoms with E-state index in [1.54, 1.807) is 24.3 Å². The predicted molar refractivity (Wildman–Crippen MR) is 78.1 cm³/mol. The molecule has 1 aromatic carbocycles. The number of aliphatic carboxylic acids is 1. The van der Waals surface area contributed by atoms with E-state index >= 15 is 0 Å². The van der Waals surface area contributed by atoms with E-state index in [4.69, 9.17) is 16.7 Å². The Morgan fingerprint density at radius 3 is 2.82 bits per heavy atom.